The van der Waals surface area contributed by atoms with Gasteiger partial charge in [0.05, 0.1) is 21.2 Å². The predicted octanol–water partition coefficient (Wildman–Crippen LogP) is 7.76. The van der Waals surface area contributed by atoms with Crippen molar-refractivity contribution in [2.75, 3.05) is 5.32 Å². The second-order valence-corrected chi connectivity index (χ2v) is 6.91. The highest BCUT2D eigenvalue weighted by atomic mass is 35.5. The number of anilines is 1. The lowest BCUT2D eigenvalue weighted by Crippen LogP contribution is -2.14. The van der Waals surface area contributed by atoms with E-state index in [-0.39, 0.29) is 44.0 Å². The fourth-order valence-electron chi connectivity index (χ4n) is 3.21. The number of benzene rings is 2. The van der Waals surface area contributed by atoms with Crippen molar-refractivity contribution in [1.82, 2.24) is 4.98 Å². The lowest BCUT2D eigenvalue weighted by molar-refractivity contribution is -0.384. The zero-order chi connectivity index (χ0) is 26.3. The Kier molecular flexibility index (Phi) is 9.47. The van der Waals surface area contributed by atoms with Gasteiger partial charge >= 0.3 is 6.61 Å². The number of hydrogen-bond donors (Lipinski definition) is 1. The Morgan fingerprint density at radius 1 is 1.17 bits per heavy atom. The lowest BCUT2D eigenvalue weighted by Gasteiger charge is -2.11. The Balaban J connectivity index is 0.00000103. The van der Waals surface area contributed by atoms with Gasteiger partial charge in [0.25, 0.3) is 11.6 Å². The van der Waals surface area contributed by atoms with Gasteiger partial charge in [-0.05, 0) is 30.7 Å². The Bertz CT molecular complexity index is 1340. The van der Waals surface area contributed by atoms with E-state index >= 15 is 0 Å². The molecule has 1 N–H and O–H groups in total. The Hall–Kier alpha value is -3.79. The molecule has 2 heterocycles. The normalized spacial score (nSPS) is 10.3. The van der Waals surface area contributed by atoms with E-state index in [9.17, 15) is 23.7 Å². The van der Waals surface area contributed by atoms with Crippen LogP contribution in [0.3, 0.4) is 0 Å². The summed E-state index contributed by atoms with van der Waals surface area (Å²) in [5, 5.41) is 14.4. The van der Waals surface area contributed by atoms with Crippen LogP contribution in [-0.2, 0) is 0 Å². The SMILES string of the molecule is CC.CC.Cc1cncc(Cl)c1NC(=O)c1ccc(OC(F)F)c2oc3ccc([N+](=O)[O-])cc3c12. The molecular formula is C24H24ClF2N3O5. The number of nitro groups is 1. The topological polar surface area (TPSA) is 108 Å². The molecule has 8 nitrogen and oxygen atoms in total. The number of nitro benzene ring substituents is 1. The van der Waals surface area contributed by atoms with Crippen molar-refractivity contribution < 1.29 is 27.7 Å². The number of amides is 1. The maximum absolute atomic E-state index is 13.1. The van der Waals surface area contributed by atoms with Crippen molar-refractivity contribution >= 4 is 50.8 Å². The van der Waals surface area contributed by atoms with E-state index in [1.165, 1.54) is 42.7 Å². The van der Waals surface area contributed by atoms with Gasteiger partial charge in [-0.2, -0.15) is 8.78 Å². The smallest absolute Gasteiger partial charge is 0.387 e. The maximum atomic E-state index is 13.1. The van der Waals surface area contributed by atoms with E-state index in [4.69, 9.17) is 16.0 Å². The third-order valence-corrected chi connectivity index (χ3v) is 4.85. The van der Waals surface area contributed by atoms with Gasteiger partial charge in [-0.25, -0.2) is 0 Å². The van der Waals surface area contributed by atoms with Crippen LogP contribution in [0.2, 0.25) is 5.02 Å². The highest BCUT2D eigenvalue weighted by molar-refractivity contribution is 6.34. The standard InChI is InChI=1S/C20H12ClF2N3O5.2C2H6/c1-9-7-24-8-13(21)17(9)25-19(27)11-3-5-15(31-20(22)23)18-16(11)12-6-10(26(28)29)2-4-14(12)30-18;2*1-2/h2-8,20H,1H3,(H,24,25,27);2*1-2H3. The van der Waals surface area contributed by atoms with E-state index in [1.54, 1.807) is 6.92 Å². The van der Waals surface area contributed by atoms with Crippen molar-refractivity contribution in [2.45, 2.75) is 41.2 Å². The molecule has 0 aliphatic carbocycles. The summed E-state index contributed by atoms with van der Waals surface area (Å²) in [5.41, 5.74) is 0.723. The zero-order valence-electron chi connectivity index (χ0n) is 19.7. The Morgan fingerprint density at radius 3 is 2.46 bits per heavy atom. The van der Waals surface area contributed by atoms with Crippen molar-refractivity contribution in [2.24, 2.45) is 0 Å². The Morgan fingerprint density at radius 2 is 1.86 bits per heavy atom. The molecule has 2 aromatic heterocycles. The molecule has 0 spiro atoms. The molecule has 4 rings (SSSR count). The van der Waals surface area contributed by atoms with Gasteiger partial charge in [-0.15, -0.1) is 0 Å². The number of rotatable bonds is 5. The van der Waals surface area contributed by atoms with E-state index in [1.807, 2.05) is 27.7 Å². The van der Waals surface area contributed by atoms with Gasteiger partial charge in [-0.3, -0.25) is 19.9 Å². The first-order chi connectivity index (χ1) is 16.8. The van der Waals surface area contributed by atoms with Crippen LogP contribution < -0.4 is 10.1 Å². The van der Waals surface area contributed by atoms with E-state index in [0.29, 0.717) is 11.3 Å². The highest BCUT2D eigenvalue weighted by Crippen LogP contribution is 2.39. The van der Waals surface area contributed by atoms with Gasteiger partial charge in [0.15, 0.2) is 11.3 Å². The first-order valence-electron chi connectivity index (χ1n) is 10.8. The Labute approximate surface area is 205 Å². The molecule has 0 saturated carbocycles. The summed E-state index contributed by atoms with van der Waals surface area (Å²) in [6.45, 7) is 6.56. The molecule has 0 unspecified atom stereocenters. The molecule has 1 amide bonds. The minimum Gasteiger partial charge on any atom is -0.452 e. The van der Waals surface area contributed by atoms with Crippen molar-refractivity contribution in [1.29, 1.82) is 0 Å². The number of carbonyl (C=O) groups is 1. The van der Waals surface area contributed by atoms with Crippen LogP contribution in [0.25, 0.3) is 21.9 Å². The molecule has 35 heavy (non-hydrogen) atoms. The van der Waals surface area contributed by atoms with Crippen molar-refractivity contribution in [3.63, 3.8) is 0 Å². The summed E-state index contributed by atoms with van der Waals surface area (Å²) < 4.78 is 35.8. The molecule has 186 valence electrons. The second kappa shape index (κ2) is 12.1. The summed E-state index contributed by atoms with van der Waals surface area (Å²) in [6.07, 6.45) is 2.86. The summed E-state index contributed by atoms with van der Waals surface area (Å²) in [5.74, 6) is -0.933. The quantitative estimate of drug-likeness (QED) is 0.218. The monoisotopic (exact) mass is 507 g/mol. The third kappa shape index (κ3) is 5.83. The molecule has 0 fully saturated rings. The molecule has 0 bridgehead atoms. The van der Waals surface area contributed by atoms with Crippen LogP contribution in [0.5, 0.6) is 5.75 Å². The van der Waals surface area contributed by atoms with Crippen molar-refractivity contribution in [3.05, 3.63) is 69.0 Å². The predicted molar refractivity (Wildman–Crippen MR) is 132 cm³/mol. The van der Waals surface area contributed by atoms with E-state index in [2.05, 4.69) is 15.0 Å². The number of non-ortho nitro benzene ring substituents is 1. The molecular weight excluding hydrogens is 484 g/mol. The van der Waals surface area contributed by atoms with Crippen LogP contribution in [0, 0.1) is 17.0 Å². The number of furan rings is 1. The molecule has 4 aromatic rings. The number of fused-ring (bicyclic) bond motifs is 3. The largest absolute Gasteiger partial charge is 0.452 e. The molecule has 0 aliphatic rings. The lowest BCUT2D eigenvalue weighted by atomic mass is 10.0. The summed E-state index contributed by atoms with van der Waals surface area (Å²) >= 11 is 6.12. The molecule has 0 saturated heterocycles. The zero-order valence-corrected chi connectivity index (χ0v) is 20.4. The third-order valence-electron chi connectivity index (χ3n) is 4.57. The van der Waals surface area contributed by atoms with Crippen LogP contribution >= 0.6 is 11.6 Å². The number of carbonyl (C=O) groups excluding carboxylic acids is 1. The number of alkyl halides is 2. The minimum atomic E-state index is -3.14. The van der Waals surface area contributed by atoms with Gasteiger partial charge in [-0.1, -0.05) is 39.3 Å². The van der Waals surface area contributed by atoms with Crippen LogP contribution in [0.4, 0.5) is 20.2 Å². The van der Waals surface area contributed by atoms with Crippen molar-refractivity contribution in [3.8, 4) is 5.75 Å². The number of pyridine rings is 1. The first kappa shape index (κ1) is 27.5. The number of nitrogens with zero attached hydrogens (tertiary/aromatic N) is 2. The van der Waals surface area contributed by atoms with Gasteiger partial charge in [0.1, 0.15) is 5.58 Å². The molecule has 0 radical (unpaired) electrons. The second-order valence-electron chi connectivity index (χ2n) is 6.50. The maximum Gasteiger partial charge on any atom is 0.387 e. The fraction of sp³-hybridized carbons (Fsp3) is 0.250. The van der Waals surface area contributed by atoms with E-state index < -0.39 is 17.4 Å². The average molecular weight is 508 g/mol. The first-order valence-corrected chi connectivity index (χ1v) is 11.1. The van der Waals surface area contributed by atoms with Gasteiger partial charge < -0.3 is 14.5 Å². The molecule has 0 aliphatic heterocycles. The number of ether oxygens (including phenoxy) is 1. The van der Waals surface area contributed by atoms with E-state index in [0.717, 1.165) is 0 Å². The van der Waals surface area contributed by atoms with Crippen LogP contribution in [0.1, 0.15) is 43.6 Å². The molecule has 0 atom stereocenters. The van der Waals surface area contributed by atoms with Gasteiger partial charge in [0.2, 0.25) is 0 Å². The molecule has 2 aromatic carbocycles. The number of nitrogens with one attached hydrogen (secondary N) is 1. The molecule has 11 heteroatoms. The minimum absolute atomic E-state index is 0.0307. The van der Waals surface area contributed by atoms with Gasteiger partial charge in [0, 0.05) is 35.3 Å². The van der Waals surface area contributed by atoms with Crippen LogP contribution in [-0.4, -0.2) is 22.4 Å². The average Bonchev–Trinajstić information content (AvgIpc) is 3.23. The summed E-state index contributed by atoms with van der Waals surface area (Å²) in [7, 11) is 0. The summed E-state index contributed by atoms with van der Waals surface area (Å²) in [4.78, 5) is 27.6. The number of aromatic nitrogens is 1. The number of halogens is 3. The van der Waals surface area contributed by atoms with Crippen LogP contribution in [0.15, 0.2) is 47.1 Å². The summed E-state index contributed by atoms with van der Waals surface area (Å²) in [6, 6.07) is 6.17. The highest BCUT2D eigenvalue weighted by Gasteiger charge is 2.23. The number of hydrogen-bond acceptors (Lipinski definition) is 6. The number of aryl methyl sites for hydroxylation is 1. The fourth-order valence-corrected chi connectivity index (χ4v) is 3.46.